The van der Waals surface area contributed by atoms with E-state index in [1.807, 2.05) is 61.8 Å². The molecule has 0 amide bonds. The maximum absolute atomic E-state index is 6.48. The second-order valence-electron chi connectivity index (χ2n) is 13.9. The maximum atomic E-state index is 6.48. The third-order valence-electron chi connectivity index (χ3n) is 9.12. The van der Waals surface area contributed by atoms with Gasteiger partial charge in [-0.3, -0.25) is 4.98 Å². The van der Waals surface area contributed by atoms with Crippen molar-refractivity contribution in [3.05, 3.63) is 139 Å². The molecule has 0 saturated heterocycles. The van der Waals surface area contributed by atoms with Gasteiger partial charge in [-0.25, -0.2) is 9.97 Å². The first-order chi connectivity index (χ1) is 23.7. The van der Waals surface area contributed by atoms with E-state index in [0.29, 0.717) is 17.4 Å². The van der Waals surface area contributed by atoms with Crippen molar-refractivity contribution >= 4 is 44.7 Å². The van der Waals surface area contributed by atoms with Gasteiger partial charge in [0.1, 0.15) is 11.6 Å². The number of rotatable bonds is 6. The molecule has 7 aromatic rings. The number of benzene rings is 3. The summed E-state index contributed by atoms with van der Waals surface area (Å²) in [7, 11) is 0. The van der Waals surface area contributed by atoms with E-state index < -0.39 is 0 Å². The van der Waals surface area contributed by atoms with Crippen molar-refractivity contribution < 1.29 is 25.8 Å². The van der Waals surface area contributed by atoms with Gasteiger partial charge < -0.3 is 19.1 Å². The number of para-hydroxylation sites is 1. The molecule has 0 aliphatic carbocycles. The summed E-state index contributed by atoms with van der Waals surface area (Å²) in [6.45, 7) is 15.2. The van der Waals surface area contributed by atoms with Crippen LogP contribution in [-0.4, -0.2) is 19.5 Å². The molecule has 1 aliphatic rings. The van der Waals surface area contributed by atoms with Crippen LogP contribution in [-0.2, 0) is 26.5 Å². The molecule has 0 spiro atoms. The van der Waals surface area contributed by atoms with E-state index in [9.17, 15) is 0 Å². The number of fused-ring (bicyclic) bond motifs is 4. The fourth-order valence-electron chi connectivity index (χ4n) is 6.46. The molecule has 50 heavy (non-hydrogen) atoms. The van der Waals surface area contributed by atoms with Gasteiger partial charge in [-0.15, -0.1) is 48.1 Å². The summed E-state index contributed by atoms with van der Waals surface area (Å²) in [6.07, 6.45) is 7.53. The summed E-state index contributed by atoms with van der Waals surface area (Å²) in [4.78, 5) is 18.3. The summed E-state index contributed by atoms with van der Waals surface area (Å²) in [5.74, 6) is 3.32. The van der Waals surface area contributed by atoms with Gasteiger partial charge in [-0.1, -0.05) is 64.4 Å². The molecule has 254 valence electrons. The van der Waals surface area contributed by atoms with Crippen molar-refractivity contribution in [3.63, 3.8) is 0 Å². The van der Waals surface area contributed by atoms with E-state index >= 15 is 0 Å². The molecular weight excluding hydrogens is 800 g/mol. The van der Waals surface area contributed by atoms with Crippen molar-refractivity contribution in [2.24, 2.45) is 0 Å². The van der Waals surface area contributed by atoms with Crippen LogP contribution in [0.5, 0.6) is 11.5 Å². The van der Waals surface area contributed by atoms with Crippen LogP contribution in [0.3, 0.4) is 0 Å². The van der Waals surface area contributed by atoms with Crippen LogP contribution in [0.1, 0.15) is 57.2 Å². The fraction of sp³-hybridized carbons (Fsp3) is 0.190. The van der Waals surface area contributed by atoms with Gasteiger partial charge in [0.2, 0.25) is 0 Å². The van der Waals surface area contributed by atoms with Gasteiger partial charge in [0.25, 0.3) is 0 Å². The topological polar surface area (TPSA) is 59.3 Å². The molecule has 4 aromatic heterocycles. The van der Waals surface area contributed by atoms with Crippen LogP contribution in [0, 0.1) is 25.7 Å². The van der Waals surface area contributed by atoms with Gasteiger partial charge in [0, 0.05) is 68.6 Å². The molecule has 0 radical (unpaired) electrons. The Kier molecular flexibility index (Phi) is 8.73. The second kappa shape index (κ2) is 13.0. The van der Waals surface area contributed by atoms with Crippen LogP contribution in [0.2, 0.25) is 0 Å². The standard InChI is InChI=1S/C42H37N6O.Pt/c1-27(2)29-20-28(3)41(45-24-29)47-26-46(39-25-43-18-17-37(39)47)31-10-9-11-32(22-31)49-33-14-15-35-34-12-7-8-13-36(34)48(38(35)23-33)40-21-30(16-19-44-40)42(4,5)6;/h7-21,24-27H,1-6H3;/q-3;. The molecule has 7 nitrogen and oxygen atoms in total. The molecule has 3 aromatic carbocycles. The van der Waals surface area contributed by atoms with Crippen molar-refractivity contribution in [1.82, 2.24) is 19.5 Å². The molecule has 1 aliphatic heterocycles. The molecular formula is C42H37N6OPt-3. The Labute approximate surface area is 307 Å². The van der Waals surface area contributed by atoms with Gasteiger partial charge in [0.05, 0.1) is 5.69 Å². The van der Waals surface area contributed by atoms with Crippen LogP contribution in [0.25, 0.3) is 27.6 Å². The number of hydrogen-bond donors (Lipinski definition) is 0. The summed E-state index contributed by atoms with van der Waals surface area (Å²) in [5, 5.41) is 2.23. The Morgan fingerprint density at radius 2 is 1.60 bits per heavy atom. The summed E-state index contributed by atoms with van der Waals surface area (Å²) in [5.41, 5.74) is 8.27. The minimum atomic E-state index is -0.0105. The van der Waals surface area contributed by atoms with E-state index in [0.717, 1.165) is 56.1 Å². The number of ether oxygens (including phenoxy) is 1. The zero-order valence-corrected chi connectivity index (χ0v) is 31.1. The Balaban J connectivity index is 0.00000392. The molecule has 0 fully saturated rings. The molecule has 0 bridgehead atoms. The third-order valence-corrected chi connectivity index (χ3v) is 9.12. The number of pyridine rings is 3. The molecule has 5 heterocycles. The average molecular weight is 837 g/mol. The van der Waals surface area contributed by atoms with E-state index in [2.05, 4.69) is 122 Å². The van der Waals surface area contributed by atoms with Gasteiger partial charge in [-0.05, 0) is 64.6 Å². The van der Waals surface area contributed by atoms with E-state index in [-0.39, 0.29) is 26.5 Å². The molecule has 8 rings (SSSR count). The number of anilines is 4. The number of aromatic nitrogens is 4. The average Bonchev–Trinajstić information content (AvgIpc) is 3.64. The summed E-state index contributed by atoms with van der Waals surface area (Å²) >= 11 is 0. The third kappa shape index (κ3) is 5.94. The first-order valence-electron chi connectivity index (χ1n) is 16.6. The quantitative estimate of drug-likeness (QED) is 0.156. The molecule has 0 saturated carbocycles. The Hall–Kier alpha value is -5.00. The van der Waals surface area contributed by atoms with E-state index in [1.54, 1.807) is 0 Å². The van der Waals surface area contributed by atoms with Crippen LogP contribution in [0.15, 0.2) is 104 Å². The largest absolute Gasteiger partial charge is 0.509 e. The normalized spacial score (nSPS) is 12.9. The molecule has 0 atom stereocenters. The minimum Gasteiger partial charge on any atom is -0.509 e. The van der Waals surface area contributed by atoms with Crippen LogP contribution < -0.4 is 14.5 Å². The predicted molar refractivity (Wildman–Crippen MR) is 197 cm³/mol. The van der Waals surface area contributed by atoms with Crippen molar-refractivity contribution in [1.29, 1.82) is 0 Å². The Morgan fingerprint density at radius 3 is 2.40 bits per heavy atom. The maximum Gasteiger partial charge on any atom is 0.135 e. The zero-order valence-electron chi connectivity index (χ0n) is 28.9. The smallest absolute Gasteiger partial charge is 0.135 e. The van der Waals surface area contributed by atoms with Crippen molar-refractivity contribution in [2.75, 3.05) is 9.80 Å². The Morgan fingerprint density at radius 1 is 0.780 bits per heavy atom. The molecule has 0 unspecified atom stereocenters. The SMILES string of the molecule is Cc1cc(C(C)C)cnc1N1[CH-]N(c2[c-]c(Oc3[c-]c4c(cc3)c3ccccc3n4-c3cc(C(C)(C)C)ccn3)ccc2)c2cnccc21.[Pt]. The number of hydrogen-bond acceptors (Lipinski definition) is 6. The monoisotopic (exact) mass is 836 g/mol. The van der Waals surface area contributed by atoms with Crippen molar-refractivity contribution in [3.8, 4) is 17.3 Å². The van der Waals surface area contributed by atoms with Gasteiger partial charge in [0.15, 0.2) is 0 Å². The summed E-state index contributed by atoms with van der Waals surface area (Å²) in [6, 6.07) is 33.9. The van der Waals surface area contributed by atoms with Gasteiger partial charge in [-0.2, -0.15) is 12.1 Å². The van der Waals surface area contributed by atoms with Crippen LogP contribution in [0.4, 0.5) is 22.9 Å². The Bertz CT molecular complexity index is 2360. The first-order valence-corrected chi connectivity index (χ1v) is 16.6. The first kappa shape index (κ1) is 33.5. The number of aryl methyl sites for hydroxylation is 1. The fourth-order valence-corrected chi connectivity index (χ4v) is 6.46. The zero-order chi connectivity index (χ0) is 33.9. The molecule has 8 heteroatoms. The van der Waals surface area contributed by atoms with Crippen LogP contribution >= 0.6 is 0 Å². The van der Waals surface area contributed by atoms with E-state index in [1.165, 1.54) is 11.1 Å². The molecule has 0 N–H and O–H groups in total. The predicted octanol–water partition coefficient (Wildman–Crippen LogP) is 10.5. The van der Waals surface area contributed by atoms with Gasteiger partial charge >= 0.3 is 0 Å². The second-order valence-corrected chi connectivity index (χ2v) is 13.9. The van der Waals surface area contributed by atoms with Crippen molar-refractivity contribution in [2.45, 2.75) is 52.9 Å². The summed E-state index contributed by atoms with van der Waals surface area (Å²) < 4.78 is 8.65. The van der Waals surface area contributed by atoms with E-state index in [4.69, 9.17) is 14.7 Å². The number of nitrogens with zero attached hydrogens (tertiary/aromatic N) is 6. The minimum absolute atomic E-state index is 0.